The van der Waals surface area contributed by atoms with Crippen molar-refractivity contribution in [3.63, 3.8) is 0 Å². The van der Waals surface area contributed by atoms with Crippen molar-refractivity contribution in [2.75, 3.05) is 11.9 Å². The van der Waals surface area contributed by atoms with Gasteiger partial charge in [0.15, 0.2) is 0 Å². The smallest absolute Gasteiger partial charge is 0.225 e. The minimum Gasteiger partial charge on any atom is -0.493 e. The molecule has 0 aliphatic heterocycles. The maximum atomic E-state index is 11.6. The summed E-state index contributed by atoms with van der Waals surface area (Å²) in [5.41, 5.74) is 11.4. The van der Waals surface area contributed by atoms with Crippen LogP contribution >= 0.6 is 0 Å². The van der Waals surface area contributed by atoms with Crippen LogP contribution in [0.5, 0.6) is 5.75 Å². The summed E-state index contributed by atoms with van der Waals surface area (Å²) in [6.07, 6.45) is 1.24. The molecule has 0 heterocycles. The third-order valence-corrected chi connectivity index (χ3v) is 2.73. The topological polar surface area (TPSA) is 107 Å². The maximum Gasteiger partial charge on any atom is 0.225 e. The zero-order valence-electron chi connectivity index (χ0n) is 11.6. The number of carbonyl (C=O) groups is 2. The molecule has 0 aromatic heterocycles. The molecular weight excluding hydrogens is 258 g/mol. The molecule has 0 saturated carbocycles. The first-order valence-corrected chi connectivity index (χ1v) is 6.58. The molecule has 0 spiro atoms. The molecule has 6 nitrogen and oxygen atoms in total. The molecule has 0 fully saturated rings. The van der Waals surface area contributed by atoms with Gasteiger partial charge in [0, 0.05) is 18.2 Å². The predicted octanol–water partition coefficient (Wildman–Crippen LogP) is 1.01. The number of hydrogen-bond donors (Lipinski definition) is 3. The summed E-state index contributed by atoms with van der Waals surface area (Å²) >= 11 is 0. The number of carbonyl (C=O) groups excluding carboxylic acids is 2. The van der Waals surface area contributed by atoms with Gasteiger partial charge >= 0.3 is 0 Å². The average molecular weight is 279 g/mol. The average Bonchev–Trinajstić information content (AvgIpc) is 2.40. The molecule has 5 N–H and O–H groups in total. The van der Waals surface area contributed by atoms with E-state index in [9.17, 15) is 9.59 Å². The molecule has 2 amide bonds. The van der Waals surface area contributed by atoms with E-state index >= 15 is 0 Å². The van der Waals surface area contributed by atoms with Gasteiger partial charge in [-0.3, -0.25) is 9.59 Å². The lowest BCUT2D eigenvalue weighted by Crippen LogP contribution is -2.26. The summed E-state index contributed by atoms with van der Waals surface area (Å²) in [6.45, 7) is 2.18. The lowest BCUT2D eigenvalue weighted by molar-refractivity contribution is -0.118. The molecule has 6 heteroatoms. The van der Waals surface area contributed by atoms with E-state index in [2.05, 4.69) is 5.32 Å². The summed E-state index contributed by atoms with van der Waals surface area (Å²) in [4.78, 5) is 22.2. The largest absolute Gasteiger partial charge is 0.493 e. The fraction of sp³-hybridized carbons (Fsp3) is 0.429. The SMILES string of the molecule is CCC(N)CC(=O)Nc1ccc(OCCC(N)=O)cc1. The molecule has 1 rings (SSSR count). The van der Waals surface area contributed by atoms with Crippen molar-refractivity contribution < 1.29 is 14.3 Å². The highest BCUT2D eigenvalue weighted by atomic mass is 16.5. The zero-order valence-corrected chi connectivity index (χ0v) is 11.6. The molecule has 20 heavy (non-hydrogen) atoms. The standard InChI is InChI=1S/C14H21N3O3/c1-2-10(15)9-14(19)17-11-3-5-12(6-4-11)20-8-7-13(16)18/h3-6,10H,2,7-9,15H2,1H3,(H2,16,18)(H,17,19). The normalized spacial score (nSPS) is 11.7. The van der Waals surface area contributed by atoms with Crippen LogP contribution < -0.4 is 21.5 Å². The highest BCUT2D eigenvalue weighted by Crippen LogP contribution is 2.16. The number of nitrogens with one attached hydrogen (secondary N) is 1. The lowest BCUT2D eigenvalue weighted by atomic mass is 10.1. The van der Waals surface area contributed by atoms with E-state index in [0.717, 1.165) is 6.42 Å². The van der Waals surface area contributed by atoms with E-state index < -0.39 is 5.91 Å². The number of benzene rings is 1. The van der Waals surface area contributed by atoms with Gasteiger partial charge in [-0.1, -0.05) is 6.92 Å². The van der Waals surface area contributed by atoms with E-state index in [0.29, 0.717) is 17.9 Å². The summed E-state index contributed by atoms with van der Waals surface area (Å²) < 4.78 is 5.33. The van der Waals surface area contributed by atoms with Crippen molar-refractivity contribution in [3.8, 4) is 5.75 Å². The second-order valence-electron chi connectivity index (χ2n) is 4.51. The summed E-state index contributed by atoms with van der Waals surface area (Å²) in [7, 11) is 0. The van der Waals surface area contributed by atoms with Crippen molar-refractivity contribution >= 4 is 17.5 Å². The van der Waals surface area contributed by atoms with Crippen molar-refractivity contribution in [2.24, 2.45) is 11.5 Å². The molecule has 1 unspecified atom stereocenters. The monoisotopic (exact) mass is 279 g/mol. The van der Waals surface area contributed by atoms with Gasteiger partial charge in [0.25, 0.3) is 0 Å². The molecule has 1 aromatic carbocycles. The van der Waals surface area contributed by atoms with E-state index in [1.54, 1.807) is 24.3 Å². The van der Waals surface area contributed by atoms with Crippen molar-refractivity contribution in [1.82, 2.24) is 0 Å². The molecule has 1 aromatic rings. The van der Waals surface area contributed by atoms with Gasteiger partial charge in [-0.15, -0.1) is 0 Å². The first-order valence-electron chi connectivity index (χ1n) is 6.58. The van der Waals surface area contributed by atoms with Gasteiger partial charge in [0.1, 0.15) is 5.75 Å². The minimum atomic E-state index is -0.402. The first-order chi connectivity index (χ1) is 9.51. The van der Waals surface area contributed by atoms with Crippen LogP contribution in [0, 0.1) is 0 Å². The molecule has 0 aliphatic carbocycles. The van der Waals surface area contributed by atoms with E-state index in [1.165, 1.54) is 0 Å². The van der Waals surface area contributed by atoms with Crippen molar-refractivity contribution in [2.45, 2.75) is 32.2 Å². The Hall–Kier alpha value is -2.08. The predicted molar refractivity (Wildman–Crippen MR) is 77.3 cm³/mol. The third-order valence-electron chi connectivity index (χ3n) is 2.73. The fourth-order valence-electron chi connectivity index (χ4n) is 1.50. The van der Waals surface area contributed by atoms with Crippen LogP contribution in [0.4, 0.5) is 5.69 Å². The molecule has 1 atom stereocenters. The van der Waals surface area contributed by atoms with Crippen LogP contribution in [0.25, 0.3) is 0 Å². The molecule has 110 valence electrons. The first kappa shape index (κ1) is 16.0. The van der Waals surface area contributed by atoms with Crippen LogP contribution in [0.1, 0.15) is 26.2 Å². The number of primary amides is 1. The Balaban J connectivity index is 2.42. The van der Waals surface area contributed by atoms with Crippen LogP contribution in [-0.4, -0.2) is 24.5 Å². The van der Waals surface area contributed by atoms with Gasteiger partial charge in [-0.2, -0.15) is 0 Å². The quantitative estimate of drug-likeness (QED) is 0.660. The van der Waals surface area contributed by atoms with E-state index in [-0.39, 0.29) is 25.0 Å². The summed E-state index contributed by atoms with van der Waals surface area (Å²) in [5, 5.41) is 2.76. The highest BCUT2D eigenvalue weighted by Gasteiger charge is 2.07. The maximum absolute atomic E-state index is 11.6. The Morgan fingerprint density at radius 3 is 2.50 bits per heavy atom. The van der Waals surface area contributed by atoms with Crippen molar-refractivity contribution in [1.29, 1.82) is 0 Å². The highest BCUT2D eigenvalue weighted by molar-refractivity contribution is 5.91. The zero-order chi connectivity index (χ0) is 15.0. The van der Waals surface area contributed by atoms with Crippen LogP contribution in [0.3, 0.4) is 0 Å². The molecule has 0 bridgehead atoms. The Kier molecular flexibility index (Phi) is 6.52. The van der Waals surface area contributed by atoms with E-state index in [1.807, 2.05) is 6.92 Å². The number of nitrogens with two attached hydrogens (primary N) is 2. The van der Waals surface area contributed by atoms with E-state index in [4.69, 9.17) is 16.2 Å². The Morgan fingerprint density at radius 1 is 1.30 bits per heavy atom. The second kappa shape index (κ2) is 8.16. The lowest BCUT2D eigenvalue weighted by Gasteiger charge is -2.10. The number of hydrogen-bond acceptors (Lipinski definition) is 4. The van der Waals surface area contributed by atoms with Gasteiger partial charge < -0.3 is 21.5 Å². The van der Waals surface area contributed by atoms with Crippen molar-refractivity contribution in [3.05, 3.63) is 24.3 Å². The number of ether oxygens (including phenoxy) is 1. The third kappa shape index (κ3) is 6.19. The summed E-state index contributed by atoms with van der Waals surface area (Å²) in [5.74, 6) is 0.109. The Bertz CT molecular complexity index is 445. The second-order valence-corrected chi connectivity index (χ2v) is 4.51. The van der Waals surface area contributed by atoms with Crippen LogP contribution in [0.2, 0.25) is 0 Å². The van der Waals surface area contributed by atoms with Crippen LogP contribution in [-0.2, 0) is 9.59 Å². The van der Waals surface area contributed by atoms with Gasteiger partial charge in [0.05, 0.1) is 13.0 Å². The number of amides is 2. The molecule has 0 aliphatic rings. The molecule has 0 radical (unpaired) electrons. The Morgan fingerprint density at radius 2 is 1.95 bits per heavy atom. The molecular formula is C14H21N3O3. The van der Waals surface area contributed by atoms with Gasteiger partial charge in [0.2, 0.25) is 11.8 Å². The minimum absolute atomic E-state index is 0.109. The number of rotatable bonds is 8. The van der Waals surface area contributed by atoms with Gasteiger partial charge in [-0.25, -0.2) is 0 Å². The Labute approximate surface area is 118 Å². The summed E-state index contributed by atoms with van der Waals surface area (Å²) in [6, 6.07) is 6.78. The number of anilines is 1. The molecule has 0 saturated heterocycles. The van der Waals surface area contributed by atoms with Crippen LogP contribution in [0.15, 0.2) is 24.3 Å². The fourth-order valence-corrected chi connectivity index (χ4v) is 1.50. The van der Waals surface area contributed by atoms with Gasteiger partial charge in [-0.05, 0) is 30.7 Å².